The van der Waals surface area contributed by atoms with Crippen LogP contribution in [0.2, 0.25) is 0 Å². The number of carbonyl (C=O) groups is 2. The molecule has 0 aromatic heterocycles. The molecule has 0 aliphatic heterocycles. The molecule has 1 rings (SSSR count). The molecule has 0 spiro atoms. The maximum atomic E-state index is 11.7. The highest BCUT2D eigenvalue weighted by Crippen LogP contribution is 2.24. The summed E-state index contributed by atoms with van der Waals surface area (Å²) in [5, 5.41) is 21.1. The monoisotopic (exact) mass is 293 g/mol. The van der Waals surface area contributed by atoms with Crippen LogP contribution in [-0.2, 0) is 4.79 Å². The highest BCUT2D eigenvalue weighted by Gasteiger charge is 2.10. The molecule has 1 aromatic rings. The first-order valence-electron chi connectivity index (χ1n) is 7.40. The Morgan fingerprint density at radius 3 is 2.38 bits per heavy atom. The van der Waals surface area contributed by atoms with Crippen molar-refractivity contribution in [1.29, 1.82) is 0 Å². The van der Waals surface area contributed by atoms with Gasteiger partial charge in [-0.25, -0.2) is 4.79 Å². The topological polar surface area (TPSA) is 86.6 Å². The molecule has 1 amide bonds. The zero-order valence-electron chi connectivity index (χ0n) is 12.4. The number of nitrogens with one attached hydrogen (secondary N) is 1. The van der Waals surface area contributed by atoms with Crippen LogP contribution in [0.5, 0.6) is 5.75 Å². The second-order valence-corrected chi connectivity index (χ2v) is 5.10. The van der Waals surface area contributed by atoms with Crippen LogP contribution in [0.15, 0.2) is 18.2 Å². The number of aromatic carboxylic acids is 1. The molecule has 0 bridgehead atoms. The molecule has 3 N–H and O–H groups in total. The molecule has 0 radical (unpaired) electrons. The minimum absolute atomic E-state index is 0.0126. The van der Waals surface area contributed by atoms with Gasteiger partial charge in [0.05, 0.1) is 11.3 Å². The van der Waals surface area contributed by atoms with Gasteiger partial charge in [-0.1, -0.05) is 39.0 Å². The minimum atomic E-state index is -1.12. The van der Waals surface area contributed by atoms with E-state index in [2.05, 4.69) is 12.2 Å². The number of amides is 1. The van der Waals surface area contributed by atoms with Gasteiger partial charge in [0.15, 0.2) is 0 Å². The van der Waals surface area contributed by atoms with Gasteiger partial charge < -0.3 is 15.5 Å². The van der Waals surface area contributed by atoms with E-state index in [1.54, 1.807) is 0 Å². The number of hydrogen-bond donors (Lipinski definition) is 3. The summed E-state index contributed by atoms with van der Waals surface area (Å²) >= 11 is 0. The highest BCUT2D eigenvalue weighted by atomic mass is 16.4. The van der Waals surface area contributed by atoms with E-state index in [1.165, 1.54) is 31.4 Å². The highest BCUT2D eigenvalue weighted by molar-refractivity contribution is 5.94. The zero-order chi connectivity index (χ0) is 15.7. The number of carboxylic acid groups (broad SMARTS) is 1. The smallest absolute Gasteiger partial charge is 0.335 e. The van der Waals surface area contributed by atoms with Crippen molar-refractivity contribution in [2.24, 2.45) is 0 Å². The molecular weight excluding hydrogens is 270 g/mol. The van der Waals surface area contributed by atoms with Crippen molar-refractivity contribution in [2.45, 2.75) is 51.9 Å². The predicted molar refractivity (Wildman–Crippen MR) is 81.7 cm³/mol. The molecule has 1 aromatic carbocycles. The molecule has 0 unspecified atom stereocenters. The molecule has 5 nitrogen and oxygen atoms in total. The van der Waals surface area contributed by atoms with Crippen molar-refractivity contribution < 1.29 is 19.8 Å². The van der Waals surface area contributed by atoms with Crippen LogP contribution < -0.4 is 5.32 Å². The van der Waals surface area contributed by atoms with Crippen LogP contribution >= 0.6 is 0 Å². The van der Waals surface area contributed by atoms with Crippen LogP contribution in [0.3, 0.4) is 0 Å². The molecule has 0 atom stereocenters. The number of aromatic hydroxyl groups is 1. The van der Waals surface area contributed by atoms with Crippen molar-refractivity contribution in [3.8, 4) is 5.75 Å². The summed E-state index contributed by atoms with van der Waals surface area (Å²) in [6, 6.07) is 3.88. The van der Waals surface area contributed by atoms with E-state index in [-0.39, 0.29) is 22.9 Å². The zero-order valence-corrected chi connectivity index (χ0v) is 12.4. The van der Waals surface area contributed by atoms with Crippen LogP contribution in [0.4, 0.5) is 5.69 Å². The van der Waals surface area contributed by atoms with Crippen LogP contribution in [0, 0.1) is 0 Å². The lowest BCUT2D eigenvalue weighted by atomic mass is 10.1. The Morgan fingerprint density at radius 2 is 1.76 bits per heavy atom. The summed E-state index contributed by atoms with van der Waals surface area (Å²) in [6.07, 6.45) is 7.03. The largest absolute Gasteiger partial charge is 0.506 e. The first-order chi connectivity index (χ1) is 10.0. The van der Waals surface area contributed by atoms with Gasteiger partial charge in [0.1, 0.15) is 5.75 Å². The number of benzene rings is 1. The molecule has 116 valence electrons. The SMILES string of the molecule is CCCCCCCCC(=O)Nc1ccc(C(=O)O)cc1O. The number of hydrogen-bond acceptors (Lipinski definition) is 3. The van der Waals surface area contributed by atoms with Gasteiger partial charge in [-0.3, -0.25) is 4.79 Å². The first-order valence-corrected chi connectivity index (χ1v) is 7.40. The number of carbonyl (C=O) groups excluding carboxylic acids is 1. The number of anilines is 1. The van der Waals surface area contributed by atoms with Crippen molar-refractivity contribution in [3.63, 3.8) is 0 Å². The molecule has 0 saturated heterocycles. The fraction of sp³-hybridized carbons (Fsp3) is 0.500. The molecule has 21 heavy (non-hydrogen) atoms. The fourth-order valence-corrected chi connectivity index (χ4v) is 2.05. The number of phenolic OH excluding ortho intramolecular Hbond substituents is 1. The van der Waals surface area contributed by atoms with Crippen LogP contribution in [-0.4, -0.2) is 22.1 Å². The van der Waals surface area contributed by atoms with E-state index in [0.717, 1.165) is 25.3 Å². The van der Waals surface area contributed by atoms with Crippen LogP contribution in [0.25, 0.3) is 0 Å². The minimum Gasteiger partial charge on any atom is -0.506 e. The first kappa shape index (κ1) is 17.0. The van der Waals surface area contributed by atoms with Crippen molar-refractivity contribution in [2.75, 3.05) is 5.32 Å². The van der Waals surface area contributed by atoms with E-state index in [0.29, 0.717) is 6.42 Å². The summed E-state index contributed by atoms with van der Waals surface area (Å²) < 4.78 is 0. The fourth-order valence-electron chi connectivity index (χ4n) is 2.05. The summed E-state index contributed by atoms with van der Waals surface area (Å²) in [6.45, 7) is 2.16. The Balaban J connectivity index is 2.36. The van der Waals surface area contributed by atoms with Gasteiger partial charge in [0.25, 0.3) is 0 Å². The molecule has 0 fully saturated rings. The lowest BCUT2D eigenvalue weighted by Gasteiger charge is -2.08. The maximum Gasteiger partial charge on any atom is 0.335 e. The van der Waals surface area contributed by atoms with Gasteiger partial charge in [-0.05, 0) is 24.6 Å². The van der Waals surface area contributed by atoms with E-state index in [9.17, 15) is 14.7 Å². The maximum absolute atomic E-state index is 11.7. The Morgan fingerprint density at radius 1 is 1.10 bits per heavy atom. The standard InChI is InChI=1S/C16H23NO4/c1-2-3-4-5-6-7-8-15(19)17-13-10-9-12(16(20)21)11-14(13)18/h9-11,18H,2-8H2,1H3,(H,17,19)(H,20,21). The van der Waals surface area contributed by atoms with Crippen molar-refractivity contribution in [1.82, 2.24) is 0 Å². The van der Waals surface area contributed by atoms with E-state index in [1.807, 2.05) is 0 Å². The lowest BCUT2D eigenvalue weighted by Crippen LogP contribution is -2.11. The quantitative estimate of drug-likeness (QED) is 0.477. The average molecular weight is 293 g/mol. The summed E-state index contributed by atoms with van der Waals surface area (Å²) in [7, 11) is 0. The number of rotatable bonds is 9. The molecule has 5 heteroatoms. The van der Waals surface area contributed by atoms with Gasteiger partial charge in [0.2, 0.25) is 5.91 Å². The molecule has 0 aliphatic rings. The second kappa shape index (κ2) is 9.00. The van der Waals surface area contributed by atoms with Gasteiger partial charge >= 0.3 is 5.97 Å². The molecule has 0 heterocycles. The van der Waals surface area contributed by atoms with E-state index in [4.69, 9.17) is 5.11 Å². The van der Waals surface area contributed by atoms with E-state index < -0.39 is 5.97 Å². The van der Waals surface area contributed by atoms with Crippen molar-refractivity contribution >= 4 is 17.6 Å². The third kappa shape index (κ3) is 6.29. The molecule has 0 saturated carbocycles. The summed E-state index contributed by atoms with van der Waals surface area (Å²) in [5.74, 6) is -1.51. The predicted octanol–water partition coefficient (Wildman–Crippen LogP) is 3.78. The summed E-state index contributed by atoms with van der Waals surface area (Å²) in [4.78, 5) is 22.5. The second-order valence-electron chi connectivity index (χ2n) is 5.10. The Labute approximate surface area is 125 Å². The Hall–Kier alpha value is -2.04. The summed E-state index contributed by atoms with van der Waals surface area (Å²) in [5.41, 5.74) is 0.234. The third-order valence-electron chi connectivity index (χ3n) is 3.28. The third-order valence-corrected chi connectivity index (χ3v) is 3.28. The number of carboxylic acids is 1. The lowest BCUT2D eigenvalue weighted by molar-refractivity contribution is -0.116. The number of phenols is 1. The number of unbranched alkanes of at least 4 members (excludes halogenated alkanes) is 5. The van der Waals surface area contributed by atoms with Crippen LogP contribution in [0.1, 0.15) is 62.2 Å². The van der Waals surface area contributed by atoms with Gasteiger partial charge in [-0.15, -0.1) is 0 Å². The van der Waals surface area contributed by atoms with Gasteiger partial charge in [-0.2, -0.15) is 0 Å². The normalized spacial score (nSPS) is 10.3. The van der Waals surface area contributed by atoms with Gasteiger partial charge in [0, 0.05) is 6.42 Å². The Bertz CT molecular complexity index is 485. The van der Waals surface area contributed by atoms with E-state index >= 15 is 0 Å². The molecule has 0 aliphatic carbocycles. The molecular formula is C16H23NO4. The van der Waals surface area contributed by atoms with Crippen molar-refractivity contribution in [3.05, 3.63) is 23.8 Å². The average Bonchev–Trinajstić information content (AvgIpc) is 2.44. The Kier molecular flexibility index (Phi) is 7.29.